The number of carbonyl (C=O) groups excluding carboxylic acids is 1. The highest BCUT2D eigenvalue weighted by Gasteiger charge is 2.18. The molecule has 0 saturated carbocycles. The summed E-state index contributed by atoms with van der Waals surface area (Å²) in [5, 5.41) is 10.6. The maximum absolute atomic E-state index is 11.9. The van der Waals surface area contributed by atoms with E-state index in [0.717, 1.165) is 24.9 Å². The molecule has 1 rings (SSSR count). The highest BCUT2D eigenvalue weighted by molar-refractivity contribution is 5.67. The van der Waals surface area contributed by atoms with Crippen LogP contribution in [0.4, 0.5) is 4.79 Å². The first-order chi connectivity index (χ1) is 11.2. The second-order valence-electron chi connectivity index (χ2n) is 7.31. The van der Waals surface area contributed by atoms with Gasteiger partial charge in [-0.05, 0) is 52.0 Å². The second-order valence-corrected chi connectivity index (χ2v) is 7.31. The van der Waals surface area contributed by atoms with Crippen molar-refractivity contribution in [3.8, 4) is 0 Å². The summed E-state index contributed by atoms with van der Waals surface area (Å²) in [6, 6.07) is 0.362. The third-order valence-corrected chi connectivity index (χ3v) is 3.49. The van der Waals surface area contributed by atoms with Crippen LogP contribution < -0.4 is 10.6 Å². The molecule has 0 spiro atoms. The number of alkyl carbamates (subject to hydrolysis) is 1. The van der Waals surface area contributed by atoms with Crippen LogP contribution in [0.25, 0.3) is 0 Å². The van der Waals surface area contributed by atoms with E-state index in [2.05, 4.69) is 29.2 Å². The molecule has 2 unspecified atom stereocenters. The molecule has 0 bridgehead atoms. The number of hydrogen-bond donors (Lipinski definition) is 2. The molecular formula is C18H32N4O2. The smallest absolute Gasteiger partial charge is 0.407 e. The average Bonchev–Trinajstić information content (AvgIpc) is 2.85. The zero-order valence-electron chi connectivity index (χ0n) is 15.6. The van der Waals surface area contributed by atoms with Gasteiger partial charge in [0, 0.05) is 32.4 Å². The molecule has 0 aromatic carbocycles. The third kappa shape index (κ3) is 8.72. The summed E-state index contributed by atoms with van der Waals surface area (Å²) in [4.78, 5) is 11.9. The van der Waals surface area contributed by atoms with Crippen molar-refractivity contribution in [3.05, 3.63) is 30.6 Å². The van der Waals surface area contributed by atoms with Gasteiger partial charge in [0.2, 0.25) is 0 Å². The van der Waals surface area contributed by atoms with Gasteiger partial charge < -0.3 is 15.4 Å². The Hall–Kier alpha value is -1.82. The Labute approximate surface area is 145 Å². The van der Waals surface area contributed by atoms with Crippen molar-refractivity contribution in [2.24, 2.45) is 13.0 Å². The van der Waals surface area contributed by atoms with Gasteiger partial charge in [0.05, 0.1) is 6.20 Å². The third-order valence-electron chi connectivity index (χ3n) is 3.49. The van der Waals surface area contributed by atoms with Crippen molar-refractivity contribution in [1.29, 1.82) is 0 Å². The van der Waals surface area contributed by atoms with Crippen molar-refractivity contribution in [1.82, 2.24) is 20.4 Å². The minimum absolute atomic E-state index is 0.258. The van der Waals surface area contributed by atoms with Crippen molar-refractivity contribution in [2.75, 3.05) is 13.1 Å². The maximum atomic E-state index is 11.9. The Bertz CT molecular complexity index is 519. The lowest BCUT2D eigenvalue weighted by atomic mass is 10.0. The van der Waals surface area contributed by atoms with Gasteiger partial charge in [0.25, 0.3) is 0 Å². The lowest BCUT2D eigenvalue weighted by Crippen LogP contribution is -2.40. The van der Waals surface area contributed by atoms with E-state index >= 15 is 0 Å². The van der Waals surface area contributed by atoms with E-state index in [1.54, 1.807) is 4.68 Å². The summed E-state index contributed by atoms with van der Waals surface area (Å²) in [7, 11) is 1.90. The zero-order chi connectivity index (χ0) is 18.2. The number of nitrogens with one attached hydrogen (secondary N) is 2. The number of rotatable bonds is 9. The van der Waals surface area contributed by atoms with Crippen LogP contribution in [0.1, 0.15) is 39.7 Å². The largest absolute Gasteiger partial charge is 0.444 e. The number of amides is 1. The van der Waals surface area contributed by atoms with E-state index < -0.39 is 5.60 Å². The fraction of sp³-hybridized carbons (Fsp3) is 0.667. The van der Waals surface area contributed by atoms with Crippen LogP contribution in [0, 0.1) is 5.92 Å². The fourth-order valence-corrected chi connectivity index (χ4v) is 2.37. The first kappa shape index (κ1) is 20.2. The standard InChI is InChI=1S/C18H32N4O2/c1-7-8-14(2)19-10-15(9-16-12-21-22(6)13-16)11-20-17(23)24-18(3,4)5/h7,12-15,19H,1,8-11H2,2-6H3,(H,20,23). The lowest BCUT2D eigenvalue weighted by molar-refractivity contribution is 0.0519. The quantitative estimate of drug-likeness (QED) is 0.680. The Morgan fingerprint density at radius 3 is 2.71 bits per heavy atom. The molecule has 136 valence electrons. The van der Waals surface area contributed by atoms with Gasteiger partial charge >= 0.3 is 6.09 Å². The first-order valence-corrected chi connectivity index (χ1v) is 8.48. The van der Waals surface area contributed by atoms with E-state index in [0.29, 0.717) is 12.6 Å². The highest BCUT2D eigenvalue weighted by Crippen LogP contribution is 2.09. The molecule has 0 aliphatic heterocycles. The number of ether oxygens (including phenoxy) is 1. The van der Waals surface area contributed by atoms with Crippen LogP contribution in [0.15, 0.2) is 25.0 Å². The molecule has 1 amide bonds. The molecule has 0 fully saturated rings. The van der Waals surface area contributed by atoms with Gasteiger partial charge in [-0.25, -0.2) is 4.79 Å². The van der Waals surface area contributed by atoms with Crippen molar-refractivity contribution in [2.45, 2.75) is 52.2 Å². The molecular weight excluding hydrogens is 304 g/mol. The van der Waals surface area contributed by atoms with Gasteiger partial charge in [-0.15, -0.1) is 6.58 Å². The molecule has 6 heteroatoms. The number of carbonyl (C=O) groups is 1. The molecule has 1 aromatic heterocycles. The monoisotopic (exact) mass is 336 g/mol. The number of aromatic nitrogens is 2. The van der Waals surface area contributed by atoms with Gasteiger partial charge in [-0.2, -0.15) is 5.10 Å². The normalized spacial score (nSPS) is 14.0. The van der Waals surface area contributed by atoms with Gasteiger partial charge in [-0.3, -0.25) is 4.68 Å². The molecule has 24 heavy (non-hydrogen) atoms. The van der Waals surface area contributed by atoms with Crippen molar-refractivity contribution in [3.63, 3.8) is 0 Å². The number of nitrogens with zero attached hydrogens (tertiary/aromatic N) is 2. The van der Waals surface area contributed by atoms with Gasteiger partial charge in [0.1, 0.15) is 5.60 Å². The molecule has 1 aromatic rings. The SMILES string of the molecule is C=CCC(C)NCC(CNC(=O)OC(C)(C)C)Cc1cnn(C)c1. The van der Waals surface area contributed by atoms with E-state index in [4.69, 9.17) is 4.74 Å². The number of aryl methyl sites for hydroxylation is 1. The van der Waals surface area contributed by atoms with Crippen LogP contribution >= 0.6 is 0 Å². The first-order valence-electron chi connectivity index (χ1n) is 8.48. The van der Waals surface area contributed by atoms with E-state index in [1.165, 1.54) is 0 Å². The van der Waals surface area contributed by atoms with Crippen LogP contribution in [0.5, 0.6) is 0 Å². The molecule has 2 atom stereocenters. The van der Waals surface area contributed by atoms with Crippen LogP contribution in [-0.4, -0.2) is 40.6 Å². The summed E-state index contributed by atoms with van der Waals surface area (Å²) in [6.45, 7) is 12.8. The molecule has 1 heterocycles. The Balaban J connectivity index is 2.56. The van der Waals surface area contributed by atoms with Crippen LogP contribution in [0.3, 0.4) is 0 Å². The van der Waals surface area contributed by atoms with Crippen LogP contribution in [-0.2, 0) is 18.2 Å². The molecule has 0 aliphatic rings. The van der Waals surface area contributed by atoms with Crippen molar-refractivity contribution < 1.29 is 9.53 Å². The Kier molecular flexibility index (Phi) is 7.98. The van der Waals surface area contributed by atoms with Gasteiger partial charge in [-0.1, -0.05) is 6.08 Å². The van der Waals surface area contributed by atoms with Gasteiger partial charge in [0.15, 0.2) is 0 Å². The Morgan fingerprint density at radius 2 is 2.17 bits per heavy atom. The van der Waals surface area contributed by atoms with E-state index in [-0.39, 0.29) is 12.0 Å². The lowest BCUT2D eigenvalue weighted by Gasteiger charge is -2.23. The van der Waals surface area contributed by atoms with E-state index in [9.17, 15) is 4.79 Å². The maximum Gasteiger partial charge on any atom is 0.407 e. The molecule has 0 aliphatic carbocycles. The average molecular weight is 336 g/mol. The summed E-state index contributed by atoms with van der Waals surface area (Å²) in [5.74, 6) is 0.258. The topological polar surface area (TPSA) is 68.2 Å². The predicted molar refractivity (Wildman–Crippen MR) is 96.9 cm³/mol. The second kappa shape index (κ2) is 9.47. The molecule has 6 nitrogen and oxygen atoms in total. The molecule has 0 radical (unpaired) electrons. The predicted octanol–water partition coefficient (Wildman–Crippen LogP) is 2.66. The minimum atomic E-state index is -0.486. The fourth-order valence-electron chi connectivity index (χ4n) is 2.37. The summed E-state index contributed by atoms with van der Waals surface area (Å²) < 4.78 is 7.10. The van der Waals surface area contributed by atoms with Crippen molar-refractivity contribution >= 4 is 6.09 Å². The summed E-state index contributed by atoms with van der Waals surface area (Å²) in [5.41, 5.74) is 0.672. The Morgan fingerprint density at radius 1 is 1.46 bits per heavy atom. The van der Waals surface area contributed by atoms with Crippen LogP contribution in [0.2, 0.25) is 0 Å². The zero-order valence-corrected chi connectivity index (χ0v) is 15.6. The van der Waals surface area contributed by atoms with E-state index in [1.807, 2.05) is 46.3 Å². The summed E-state index contributed by atoms with van der Waals surface area (Å²) >= 11 is 0. The minimum Gasteiger partial charge on any atom is -0.444 e. The molecule has 0 saturated heterocycles. The summed E-state index contributed by atoms with van der Waals surface area (Å²) in [6.07, 6.45) is 7.17. The molecule has 2 N–H and O–H groups in total. The highest BCUT2D eigenvalue weighted by atomic mass is 16.6. The number of hydrogen-bond acceptors (Lipinski definition) is 4.